The first kappa shape index (κ1) is 21.0. The first-order valence-corrected chi connectivity index (χ1v) is 11.5. The van der Waals surface area contributed by atoms with Gasteiger partial charge >= 0.3 is 0 Å². The van der Waals surface area contributed by atoms with Gasteiger partial charge in [0, 0.05) is 0 Å². The van der Waals surface area contributed by atoms with Gasteiger partial charge in [-0.2, -0.15) is 5.26 Å². The minimum absolute atomic E-state index is 0.272. The molecule has 4 rings (SSSR count). The van der Waals surface area contributed by atoms with Crippen LogP contribution < -0.4 is 10.3 Å². The van der Waals surface area contributed by atoms with Crippen LogP contribution in [0.25, 0.3) is 28.7 Å². The van der Waals surface area contributed by atoms with Crippen molar-refractivity contribution < 1.29 is 8.42 Å². The Labute approximate surface area is 185 Å². The number of nitrogens with zero attached hydrogens (tertiary/aromatic N) is 3. The summed E-state index contributed by atoms with van der Waals surface area (Å²) in [4.78, 5) is 18.0. The smallest absolute Gasteiger partial charge is 0.266 e. The van der Waals surface area contributed by atoms with Crippen molar-refractivity contribution >= 4 is 38.8 Å². The zero-order valence-corrected chi connectivity index (χ0v) is 17.9. The third-order valence-corrected chi connectivity index (χ3v) is 5.28. The zero-order valence-electron chi connectivity index (χ0n) is 17.1. The van der Waals surface area contributed by atoms with Crippen molar-refractivity contribution in [1.29, 1.82) is 5.26 Å². The van der Waals surface area contributed by atoms with E-state index in [4.69, 9.17) is 5.26 Å². The molecule has 1 heterocycles. The van der Waals surface area contributed by atoms with Crippen molar-refractivity contribution in [2.24, 2.45) is 0 Å². The SMILES string of the molecule is CS(=O)(=O)Nc1cccc(-n2c(/C=C/c3ccc(C#N)cc3)nc3ccccc3c2=O)c1. The standard InChI is InChI=1S/C24H18N4O3S/c1-32(30,31)27-19-5-4-6-20(15-19)28-23(14-13-17-9-11-18(16-25)12-10-17)26-22-8-3-2-7-21(22)24(28)29/h2-15,27H,1H3/b14-13+. The maximum Gasteiger partial charge on any atom is 0.266 e. The largest absolute Gasteiger partial charge is 0.284 e. The molecule has 0 amide bonds. The molecular weight excluding hydrogens is 424 g/mol. The van der Waals surface area contributed by atoms with Gasteiger partial charge in [0.1, 0.15) is 5.82 Å². The molecule has 0 spiro atoms. The first-order chi connectivity index (χ1) is 15.3. The molecule has 0 aliphatic heterocycles. The van der Waals surface area contributed by atoms with E-state index in [2.05, 4.69) is 15.8 Å². The minimum atomic E-state index is -3.47. The molecule has 158 valence electrons. The van der Waals surface area contributed by atoms with Crippen molar-refractivity contribution in [3.8, 4) is 11.8 Å². The molecule has 0 aliphatic rings. The topological polar surface area (TPSA) is 105 Å². The van der Waals surface area contributed by atoms with Crippen LogP contribution in [0.2, 0.25) is 0 Å². The first-order valence-electron chi connectivity index (χ1n) is 9.62. The summed E-state index contributed by atoms with van der Waals surface area (Å²) < 4.78 is 27.1. The molecule has 0 radical (unpaired) electrons. The molecule has 0 fully saturated rings. The lowest BCUT2D eigenvalue weighted by molar-refractivity contribution is 0.607. The van der Waals surface area contributed by atoms with Crippen LogP contribution in [-0.2, 0) is 10.0 Å². The highest BCUT2D eigenvalue weighted by atomic mass is 32.2. The molecule has 8 heteroatoms. The number of fused-ring (bicyclic) bond motifs is 1. The number of hydrogen-bond acceptors (Lipinski definition) is 5. The number of hydrogen-bond donors (Lipinski definition) is 1. The third kappa shape index (κ3) is 4.58. The van der Waals surface area contributed by atoms with E-state index in [1.807, 2.05) is 6.07 Å². The molecule has 0 saturated carbocycles. The molecule has 1 aromatic heterocycles. The zero-order chi connectivity index (χ0) is 22.7. The van der Waals surface area contributed by atoms with Crippen LogP contribution in [0.5, 0.6) is 0 Å². The van der Waals surface area contributed by atoms with Gasteiger partial charge in [-0.3, -0.25) is 14.1 Å². The van der Waals surface area contributed by atoms with Crippen molar-refractivity contribution in [2.45, 2.75) is 0 Å². The second-order valence-electron chi connectivity index (χ2n) is 7.12. The average Bonchev–Trinajstić information content (AvgIpc) is 2.77. The number of benzene rings is 3. The monoisotopic (exact) mass is 442 g/mol. The Balaban J connectivity index is 1.88. The number of para-hydroxylation sites is 1. The lowest BCUT2D eigenvalue weighted by Gasteiger charge is -2.13. The molecule has 0 atom stereocenters. The molecular formula is C24H18N4O3S. The van der Waals surface area contributed by atoms with E-state index in [-0.39, 0.29) is 5.56 Å². The van der Waals surface area contributed by atoms with Gasteiger partial charge in [0.2, 0.25) is 10.0 Å². The summed E-state index contributed by atoms with van der Waals surface area (Å²) in [6, 6.07) is 22.7. The Morgan fingerprint density at radius 1 is 1.00 bits per heavy atom. The number of sulfonamides is 1. The maximum atomic E-state index is 13.4. The van der Waals surface area contributed by atoms with E-state index in [1.165, 1.54) is 4.57 Å². The molecule has 0 saturated heterocycles. The van der Waals surface area contributed by atoms with Crippen LogP contribution in [0.3, 0.4) is 0 Å². The molecule has 3 aromatic carbocycles. The number of aromatic nitrogens is 2. The predicted octanol–water partition coefficient (Wildman–Crippen LogP) is 3.80. The second-order valence-corrected chi connectivity index (χ2v) is 8.87. The molecule has 0 aliphatic carbocycles. The van der Waals surface area contributed by atoms with Crippen LogP contribution in [-0.4, -0.2) is 24.2 Å². The molecule has 7 nitrogen and oxygen atoms in total. The van der Waals surface area contributed by atoms with Gasteiger partial charge in [0.05, 0.1) is 40.2 Å². The average molecular weight is 443 g/mol. The fourth-order valence-electron chi connectivity index (χ4n) is 3.27. The van der Waals surface area contributed by atoms with E-state index in [1.54, 1.807) is 78.9 Å². The Morgan fingerprint density at radius 3 is 2.47 bits per heavy atom. The summed E-state index contributed by atoms with van der Waals surface area (Å²) in [5.41, 5.74) is 2.49. The van der Waals surface area contributed by atoms with E-state index in [0.29, 0.717) is 33.7 Å². The summed E-state index contributed by atoms with van der Waals surface area (Å²) in [6.07, 6.45) is 4.58. The van der Waals surface area contributed by atoms with Crippen molar-refractivity contribution in [1.82, 2.24) is 9.55 Å². The minimum Gasteiger partial charge on any atom is -0.284 e. The van der Waals surface area contributed by atoms with E-state index < -0.39 is 10.0 Å². The highest BCUT2D eigenvalue weighted by molar-refractivity contribution is 7.92. The maximum absolute atomic E-state index is 13.4. The Kier molecular flexibility index (Phi) is 5.58. The number of rotatable bonds is 5. The van der Waals surface area contributed by atoms with Gasteiger partial charge in [0.15, 0.2) is 0 Å². The van der Waals surface area contributed by atoms with Crippen LogP contribution >= 0.6 is 0 Å². The summed E-state index contributed by atoms with van der Waals surface area (Å²) in [7, 11) is -3.47. The van der Waals surface area contributed by atoms with E-state index in [0.717, 1.165) is 11.8 Å². The van der Waals surface area contributed by atoms with Crippen LogP contribution in [0.4, 0.5) is 5.69 Å². The quantitative estimate of drug-likeness (QED) is 0.506. The molecule has 0 bridgehead atoms. The molecule has 4 aromatic rings. The van der Waals surface area contributed by atoms with Crippen molar-refractivity contribution in [2.75, 3.05) is 11.0 Å². The van der Waals surface area contributed by atoms with Crippen molar-refractivity contribution in [3.05, 3.63) is 100 Å². The number of nitriles is 1. The van der Waals surface area contributed by atoms with Crippen LogP contribution in [0.15, 0.2) is 77.6 Å². The normalized spacial score (nSPS) is 11.5. The lowest BCUT2D eigenvalue weighted by atomic mass is 10.1. The van der Waals surface area contributed by atoms with Gasteiger partial charge in [-0.15, -0.1) is 0 Å². The molecule has 0 unspecified atom stereocenters. The summed E-state index contributed by atoms with van der Waals surface area (Å²) in [5.74, 6) is 0.384. The Morgan fingerprint density at radius 2 is 1.75 bits per heavy atom. The van der Waals surface area contributed by atoms with Gasteiger partial charge in [-0.05, 0) is 54.1 Å². The fourth-order valence-corrected chi connectivity index (χ4v) is 3.83. The third-order valence-electron chi connectivity index (χ3n) is 4.67. The highest BCUT2D eigenvalue weighted by Gasteiger charge is 2.12. The molecule has 1 N–H and O–H groups in total. The Bertz CT molecular complexity index is 1550. The number of nitrogens with one attached hydrogen (secondary N) is 1. The molecule has 32 heavy (non-hydrogen) atoms. The van der Waals surface area contributed by atoms with Crippen molar-refractivity contribution in [3.63, 3.8) is 0 Å². The summed E-state index contributed by atoms with van der Waals surface area (Å²) >= 11 is 0. The van der Waals surface area contributed by atoms with Gasteiger partial charge in [-0.1, -0.05) is 36.4 Å². The van der Waals surface area contributed by atoms with Gasteiger partial charge in [0.25, 0.3) is 5.56 Å². The van der Waals surface area contributed by atoms with Gasteiger partial charge < -0.3 is 0 Å². The highest BCUT2D eigenvalue weighted by Crippen LogP contribution is 2.19. The summed E-state index contributed by atoms with van der Waals surface area (Å²) in [5, 5.41) is 9.41. The Hall–Kier alpha value is -4.22. The van der Waals surface area contributed by atoms with Gasteiger partial charge in [-0.25, -0.2) is 13.4 Å². The summed E-state index contributed by atoms with van der Waals surface area (Å²) in [6.45, 7) is 0. The predicted molar refractivity (Wildman–Crippen MR) is 126 cm³/mol. The number of anilines is 1. The lowest BCUT2D eigenvalue weighted by Crippen LogP contribution is -2.22. The van der Waals surface area contributed by atoms with E-state index >= 15 is 0 Å². The van der Waals surface area contributed by atoms with Crippen LogP contribution in [0, 0.1) is 11.3 Å². The second kappa shape index (κ2) is 8.49. The fraction of sp³-hybridized carbons (Fsp3) is 0.0417. The van der Waals surface area contributed by atoms with E-state index in [9.17, 15) is 13.2 Å². The van der Waals surface area contributed by atoms with Crippen LogP contribution in [0.1, 0.15) is 17.0 Å².